The van der Waals surface area contributed by atoms with Crippen molar-refractivity contribution in [3.63, 3.8) is 0 Å². The summed E-state index contributed by atoms with van der Waals surface area (Å²) in [7, 11) is 0. The number of Topliss-reactive ketones (excluding diaryl/α,β-unsaturated/α-hetero) is 1. The smallest absolute Gasteiger partial charge is 0.428 e. The molecule has 1 unspecified atom stereocenters. The molecule has 1 amide bonds. The Morgan fingerprint density at radius 1 is 0.950 bits per heavy atom. The monoisotopic (exact) mass is 586 g/mol. The van der Waals surface area contributed by atoms with E-state index in [-0.39, 0.29) is 25.4 Å². The first-order chi connectivity index (χ1) is 18.8. The number of carbonyl (C=O) groups is 2. The first kappa shape index (κ1) is 32.7. The van der Waals surface area contributed by atoms with Gasteiger partial charge in [-0.25, -0.2) is 9.10 Å². The molecule has 10 heteroatoms. The zero-order valence-electron chi connectivity index (χ0n) is 24.7. The van der Waals surface area contributed by atoms with Gasteiger partial charge in [0.2, 0.25) is 0 Å². The van der Waals surface area contributed by atoms with Gasteiger partial charge in [-0.3, -0.25) is 4.79 Å². The molecule has 3 rings (SSSR count). The van der Waals surface area contributed by atoms with E-state index in [2.05, 4.69) is 58.0 Å². The van der Waals surface area contributed by atoms with Crippen LogP contribution in [0.4, 0.5) is 18.0 Å². The summed E-state index contributed by atoms with van der Waals surface area (Å²) in [4.78, 5) is 27.7. The second-order valence-electron chi connectivity index (χ2n) is 11.9. The average molecular weight is 587 g/mol. The quantitative estimate of drug-likeness (QED) is 0.264. The van der Waals surface area contributed by atoms with Gasteiger partial charge in [0.15, 0.2) is 5.78 Å². The van der Waals surface area contributed by atoms with Gasteiger partial charge in [0.05, 0.1) is 0 Å². The van der Waals surface area contributed by atoms with Gasteiger partial charge in [0.25, 0.3) is 6.10 Å². The summed E-state index contributed by atoms with van der Waals surface area (Å²) in [6, 6.07) is 4.57. The number of ketones is 1. The molecule has 0 radical (unpaired) electrons. The number of amides is 1. The minimum atomic E-state index is -4.94. The Labute approximate surface area is 241 Å². The van der Waals surface area contributed by atoms with Gasteiger partial charge in [-0.2, -0.15) is 13.2 Å². The van der Waals surface area contributed by atoms with Gasteiger partial charge < -0.3 is 14.4 Å². The van der Waals surface area contributed by atoms with E-state index >= 15 is 0 Å². The molecule has 2 fully saturated rings. The average Bonchev–Trinajstić information content (AvgIpc) is 2.90. The van der Waals surface area contributed by atoms with Gasteiger partial charge in [-0.15, -0.1) is 0 Å². The number of rotatable bonds is 10. The third kappa shape index (κ3) is 8.86. The van der Waals surface area contributed by atoms with Crippen molar-refractivity contribution in [3.05, 3.63) is 28.8 Å². The molecule has 2 heterocycles. The van der Waals surface area contributed by atoms with E-state index in [1.165, 1.54) is 26.5 Å². The van der Waals surface area contributed by atoms with Crippen molar-refractivity contribution in [2.45, 2.75) is 102 Å². The minimum absolute atomic E-state index is 0.155. The maximum absolute atomic E-state index is 13.7. The Bertz CT molecular complexity index is 972. The molecule has 40 heavy (non-hydrogen) atoms. The Morgan fingerprint density at radius 2 is 1.50 bits per heavy atom. The molecule has 0 aromatic heterocycles. The maximum atomic E-state index is 13.7. The molecule has 1 aromatic rings. The van der Waals surface area contributed by atoms with Crippen LogP contribution in [-0.4, -0.2) is 72.8 Å². The van der Waals surface area contributed by atoms with Crippen LogP contribution in [-0.2, 0) is 14.3 Å². The van der Waals surface area contributed by atoms with Gasteiger partial charge in [-0.1, -0.05) is 53.7 Å². The summed E-state index contributed by atoms with van der Waals surface area (Å²) in [6.45, 7) is 15.7. The van der Waals surface area contributed by atoms with Crippen molar-refractivity contribution in [2.24, 2.45) is 5.92 Å². The van der Waals surface area contributed by atoms with Gasteiger partial charge in [-0.05, 0) is 71.6 Å². The zero-order valence-corrected chi connectivity index (χ0v) is 25.5. The predicted molar refractivity (Wildman–Crippen MR) is 152 cm³/mol. The van der Waals surface area contributed by atoms with Gasteiger partial charge in [0.1, 0.15) is 0 Å². The van der Waals surface area contributed by atoms with Crippen molar-refractivity contribution in [3.8, 4) is 0 Å². The van der Waals surface area contributed by atoms with Crippen LogP contribution in [0.1, 0.15) is 102 Å². The highest BCUT2D eigenvalue weighted by molar-refractivity contribution is 7.97. The molecule has 1 aromatic carbocycles. The van der Waals surface area contributed by atoms with Crippen LogP contribution in [0, 0.1) is 5.92 Å². The molecule has 0 spiro atoms. The highest BCUT2D eigenvalue weighted by atomic mass is 32.2. The fourth-order valence-corrected chi connectivity index (χ4v) is 6.49. The van der Waals surface area contributed by atoms with Crippen molar-refractivity contribution in [2.75, 3.05) is 39.4 Å². The fraction of sp³-hybridized carbons (Fsp3) is 0.733. The van der Waals surface area contributed by atoms with Gasteiger partial charge in [0, 0.05) is 50.7 Å². The predicted octanol–water partition coefficient (Wildman–Crippen LogP) is 7.52. The Balaban J connectivity index is 1.62. The first-order valence-corrected chi connectivity index (χ1v) is 15.3. The third-order valence-corrected chi connectivity index (χ3v) is 9.02. The van der Waals surface area contributed by atoms with Crippen LogP contribution in [0.25, 0.3) is 0 Å². The summed E-state index contributed by atoms with van der Waals surface area (Å²) in [5.74, 6) is 0.144. The molecule has 0 N–H and O–H groups in total. The van der Waals surface area contributed by atoms with E-state index < -0.39 is 24.2 Å². The standard InChI is InChI=1S/C30H45F3N2O4S/c1-19(2)23-17-24(20(3)4)27(25(18-23)21(5)6)40-35-13-11-34(12-14-35)29(37)39-28(30(31,32)33)26(36)8-7-22-9-15-38-16-10-22/h17-22,28H,7-16H2,1-6H3. The number of ether oxygens (including phenoxy) is 2. The number of alkyl halides is 3. The summed E-state index contributed by atoms with van der Waals surface area (Å²) in [5.41, 5.74) is 3.88. The van der Waals surface area contributed by atoms with E-state index in [0.717, 1.165) is 12.8 Å². The van der Waals surface area contributed by atoms with Gasteiger partial charge >= 0.3 is 12.3 Å². The molecule has 1 atom stereocenters. The van der Waals surface area contributed by atoms with Crippen molar-refractivity contribution < 1.29 is 32.2 Å². The highest BCUT2D eigenvalue weighted by Crippen LogP contribution is 2.40. The molecule has 0 saturated carbocycles. The Kier molecular flexibility index (Phi) is 11.8. The molecule has 226 valence electrons. The number of benzene rings is 1. The minimum Gasteiger partial charge on any atom is -0.428 e. The van der Waals surface area contributed by atoms with Crippen LogP contribution < -0.4 is 0 Å². The topological polar surface area (TPSA) is 59.1 Å². The summed E-state index contributed by atoms with van der Waals surface area (Å²) < 4.78 is 53.3. The number of carbonyl (C=O) groups excluding carboxylic acids is 2. The molecule has 6 nitrogen and oxygen atoms in total. The maximum Gasteiger partial charge on any atom is 0.432 e. The largest absolute Gasteiger partial charge is 0.432 e. The molecule has 0 aliphatic carbocycles. The van der Waals surface area contributed by atoms with E-state index in [1.54, 1.807) is 11.9 Å². The SMILES string of the molecule is CC(C)c1cc(C(C)C)c(SN2CCN(C(=O)OC(C(=O)CCC3CCOCC3)C(F)(F)F)CC2)c(C(C)C)c1. The highest BCUT2D eigenvalue weighted by Gasteiger charge is 2.48. The lowest BCUT2D eigenvalue weighted by Crippen LogP contribution is -2.50. The Morgan fingerprint density at radius 3 is 1.98 bits per heavy atom. The van der Waals surface area contributed by atoms with Crippen molar-refractivity contribution in [1.82, 2.24) is 9.21 Å². The van der Waals surface area contributed by atoms with E-state index in [1.807, 2.05) is 0 Å². The number of nitrogens with zero attached hydrogens (tertiary/aromatic N) is 2. The molecule has 0 bridgehead atoms. The summed E-state index contributed by atoms with van der Waals surface area (Å²) in [5, 5.41) is 0. The van der Waals surface area contributed by atoms with Crippen LogP contribution in [0.3, 0.4) is 0 Å². The van der Waals surface area contributed by atoms with Crippen LogP contribution in [0.15, 0.2) is 17.0 Å². The van der Waals surface area contributed by atoms with E-state index in [9.17, 15) is 22.8 Å². The lowest BCUT2D eigenvalue weighted by Gasteiger charge is -2.35. The van der Waals surface area contributed by atoms with Crippen molar-refractivity contribution in [1.29, 1.82) is 0 Å². The number of piperazine rings is 1. The second-order valence-corrected chi connectivity index (χ2v) is 13.0. The lowest BCUT2D eigenvalue weighted by molar-refractivity contribution is -0.205. The van der Waals surface area contributed by atoms with E-state index in [4.69, 9.17) is 9.47 Å². The Hall–Kier alpha value is -1.78. The normalized spacial score (nSPS) is 18.6. The molecule has 2 aliphatic heterocycles. The first-order valence-electron chi connectivity index (χ1n) is 14.5. The van der Waals surface area contributed by atoms with Crippen LogP contribution in [0.2, 0.25) is 0 Å². The van der Waals surface area contributed by atoms with E-state index in [0.29, 0.717) is 50.5 Å². The fourth-order valence-electron chi connectivity index (χ4n) is 5.09. The summed E-state index contributed by atoms with van der Waals surface area (Å²) >= 11 is 1.66. The molecule has 2 aliphatic rings. The number of hydrogen-bond donors (Lipinski definition) is 0. The van der Waals surface area contributed by atoms with Crippen LogP contribution in [0.5, 0.6) is 0 Å². The third-order valence-electron chi connectivity index (χ3n) is 7.74. The van der Waals surface area contributed by atoms with Crippen LogP contribution >= 0.6 is 11.9 Å². The number of halogens is 3. The summed E-state index contributed by atoms with van der Waals surface area (Å²) in [6.07, 6.45) is -7.22. The molecular weight excluding hydrogens is 541 g/mol. The van der Waals surface area contributed by atoms with Crippen molar-refractivity contribution >= 4 is 23.8 Å². The molecular formula is C30H45F3N2O4S. The second kappa shape index (κ2) is 14.4. The number of hydrogen-bond acceptors (Lipinski definition) is 6. The lowest BCUT2D eigenvalue weighted by atomic mass is 9.89. The molecule has 2 saturated heterocycles. The zero-order chi connectivity index (χ0) is 29.6.